The molecule has 2 heterocycles. The van der Waals surface area contributed by atoms with E-state index in [1.54, 1.807) is 12.3 Å². The van der Waals surface area contributed by atoms with Gasteiger partial charge in [-0.1, -0.05) is 37.8 Å². The first kappa shape index (κ1) is 17.3. The molecule has 0 bridgehead atoms. The Bertz CT molecular complexity index is 847. The second-order valence-corrected chi connectivity index (χ2v) is 8.16. The number of likely N-dealkylation sites (tertiary alicyclic amines) is 1. The first-order valence-electron chi connectivity index (χ1n) is 10.0. The molecule has 1 aliphatic carbocycles. The van der Waals surface area contributed by atoms with Crippen molar-refractivity contribution in [2.45, 2.75) is 57.9 Å². The number of amides is 1. The maximum absolute atomic E-state index is 13.0. The van der Waals surface area contributed by atoms with Gasteiger partial charge in [-0.05, 0) is 43.2 Å². The van der Waals surface area contributed by atoms with E-state index in [9.17, 15) is 9.59 Å². The Labute approximate surface area is 154 Å². The van der Waals surface area contributed by atoms with Gasteiger partial charge < -0.3 is 9.47 Å². The molecule has 1 aromatic heterocycles. The Morgan fingerprint density at radius 1 is 0.962 bits per heavy atom. The molecule has 0 radical (unpaired) electrons. The number of piperidine rings is 1. The monoisotopic (exact) mass is 352 g/mol. The van der Waals surface area contributed by atoms with Crippen molar-refractivity contribution in [3.63, 3.8) is 0 Å². The number of benzene rings is 1. The van der Waals surface area contributed by atoms with Crippen molar-refractivity contribution >= 4 is 16.8 Å². The summed E-state index contributed by atoms with van der Waals surface area (Å²) in [5, 5.41) is 0.682. The van der Waals surface area contributed by atoms with Crippen LogP contribution in [-0.2, 0) is 11.3 Å². The van der Waals surface area contributed by atoms with E-state index in [0.717, 1.165) is 25.0 Å². The Balaban J connectivity index is 1.53. The van der Waals surface area contributed by atoms with Crippen molar-refractivity contribution in [1.29, 1.82) is 0 Å². The fourth-order valence-electron chi connectivity index (χ4n) is 4.95. The highest BCUT2D eigenvalue weighted by molar-refractivity contribution is 5.82. The molecule has 4 rings (SSSR count). The zero-order chi connectivity index (χ0) is 18.0. The second-order valence-electron chi connectivity index (χ2n) is 8.16. The maximum Gasteiger partial charge on any atom is 0.242 e. The molecule has 138 valence electrons. The van der Waals surface area contributed by atoms with Gasteiger partial charge in [0.2, 0.25) is 5.91 Å². The van der Waals surface area contributed by atoms with Crippen LogP contribution in [0.15, 0.2) is 41.3 Å². The maximum atomic E-state index is 13.0. The first-order chi connectivity index (χ1) is 12.7. The lowest BCUT2D eigenvalue weighted by Gasteiger charge is -2.43. The van der Waals surface area contributed by atoms with E-state index in [0.29, 0.717) is 17.3 Å². The standard InChI is InChI=1S/C22H28N2O2/c25-20-10-15-23(19-9-4-3-8-18(19)20)16-21(26)24-14-7-13-22(17-24)11-5-1-2-6-12-22/h3-4,8-10,15H,1-2,5-7,11-14,16-17H2. The molecule has 2 fully saturated rings. The normalized spacial score (nSPS) is 20.2. The second kappa shape index (κ2) is 7.26. The summed E-state index contributed by atoms with van der Waals surface area (Å²) in [5.74, 6) is 0.183. The summed E-state index contributed by atoms with van der Waals surface area (Å²) in [6.07, 6.45) is 12.0. The van der Waals surface area contributed by atoms with Crippen molar-refractivity contribution in [3.8, 4) is 0 Å². The number of fused-ring (bicyclic) bond motifs is 1. The van der Waals surface area contributed by atoms with Crippen molar-refractivity contribution in [3.05, 3.63) is 46.8 Å². The lowest BCUT2D eigenvalue weighted by Crippen LogP contribution is -2.47. The molecule has 1 amide bonds. The van der Waals surface area contributed by atoms with Gasteiger partial charge in [-0.3, -0.25) is 9.59 Å². The molecule has 1 aromatic carbocycles. The molecule has 1 spiro atoms. The van der Waals surface area contributed by atoms with Crippen molar-refractivity contribution in [2.24, 2.45) is 5.41 Å². The predicted molar refractivity (Wildman–Crippen MR) is 104 cm³/mol. The van der Waals surface area contributed by atoms with Crippen LogP contribution in [0, 0.1) is 5.41 Å². The van der Waals surface area contributed by atoms with E-state index in [-0.39, 0.29) is 11.3 Å². The molecule has 26 heavy (non-hydrogen) atoms. The van der Waals surface area contributed by atoms with Gasteiger partial charge in [-0.15, -0.1) is 0 Å². The Morgan fingerprint density at radius 2 is 1.69 bits per heavy atom. The number of para-hydroxylation sites is 1. The minimum atomic E-state index is 0.0136. The predicted octanol–water partition coefficient (Wildman–Crippen LogP) is 3.96. The molecule has 1 saturated heterocycles. The third-order valence-corrected chi connectivity index (χ3v) is 6.37. The minimum absolute atomic E-state index is 0.0136. The van der Waals surface area contributed by atoms with Crippen LogP contribution in [-0.4, -0.2) is 28.5 Å². The molecule has 0 unspecified atom stereocenters. The number of nitrogens with zero attached hydrogens (tertiary/aromatic N) is 2. The average molecular weight is 352 g/mol. The van der Waals surface area contributed by atoms with E-state index in [2.05, 4.69) is 4.90 Å². The van der Waals surface area contributed by atoms with Crippen molar-refractivity contribution in [2.75, 3.05) is 13.1 Å². The van der Waals surface area contributed by atoms with Gasteiger partial charge in [0.1, 0.15) is 6.54 Å². The van der Waals surface area contributed by atoms with Gasteiger partial charge in [0.15, 0.2) is 5.43 Å². The van der Waals surface area contributed by atoms with Crippen molar-refractivity contribution in [1.82, 2.24) is 9.47 Å². The average Bonchev–Trinajstić information content (AvgIpc) is 2.89. The largest absolute Gasteiger partial charge is 0.341 e. The smallest absolute Gasteiger partial charge is 0.242 e. The van der Waals surface area contributed by atoms with E-state index in [4.69, 9.17) is 0 Å². The summed E-state index contributed by atoms with van der Waals surface area (Å²) >= 11 is 0. The van der Waals surface area contributed by atoms with Crippen LogP contribution in [0.4, 0.5) is 0 Å². The van der Waals surface area contributed by atoms with Crippen LogP contribution in [0.2, 0.25) is 0 Å². The van der Waals surface area contributed by atoms with Crippen LogP contribution in [0.25, 0.3) is 10.9 Å². The number of rotatable bonds is 2. The van der Waals surface area contributed by atoms with Gasteiger partial charge in [0.05, 0.1) is 5.52 Å². The highest BCUT2D eigenvalue weighted by Gasteiger charge is 2.37. The van der Waals surface area contributed by atoms with Gasteiger partial charge >= 0.3 is 0 Å². The zero-order valence-electron chi connectivity index (χ0n) is 15.5. The highest BCUT2D eigenvalue weighted by atomic mass is 16.2. The molecule has 0 N–H and O–H groups in total. The van der Waals surface area contributed by atoms with Crippen LogP contribution in [0.1, 0.15) is 51.4 Å². The number of carbonyl (C=O) groups excluding carboxylic acids is 1. The molecule has 1 aliphatic heterocycles. The molecule has 1 saturated carbocycles. The molecule has 4 heteroatoms. The number of pyridine rings is 1. The molecule has 0 atom stereocenters. The Hall–Kier alpha value is -2.10. The third-order valence-electron chi connectivity index (χ3n) is 6.37. The van der Waals surface area contributed by atoms with Gasteiger partial charge in [0, 0.05) is 30.7 Å². The quantitative estimate of drug-likeness (QED) is 0.821. The summed E-state index contributed by atoms with van der Waals surface area (Å²) in [5.41, 5.74) is 1.21. The summed E-state index contributed by atoms with van der Waals surface area (Å²) in [6.45, 7) is 2.11. The number of hydrogen-bond donors (Lipinski definition) is 0. The summed E-state index contributed by atoms with van der Waals surface area (Å²) in [6, 6.07) is 9.12. The summed E-state index contributed by atoms with van der Waals surface area (Å²) in [4.78, 5) is 27.2. The minimum Gasteiger partial charge on any atom is -0.341 e. The molecule has 2 aliphatic rings. The van der Waals surface area contributed by atoms with Crippen LogP contribution in [0.3, 0.4) is 0 Å². The number of hydrogen-bond acceptors (Lipinski definition) is 2. The topological polar surface area (TPSA) is 42.3 Å². The lowest BCUT2D eigenvalue weighted by molar-refractivity contribution is -0.135. The van der Waals surface area contributed by atoms with Crippen molar-refractivity contribution < 1.29 is 4.79 Å². The van der Waals surface area contributed by atoms with Crippen LogP contribution < -0.4 is 5.43 Å². The number of aromatic nitrogens is 1. The first-order valence-corrected chi connectivity index (χ1v) is 10.0. The van der Waals surface area contributed by atoms with Crippen LogP contribution >= 0.6 is 0 Å². The van der Waals surface area contributed by atoms with Gasteiger partial charge in [0.25, 0.3) is 0 Å². The molecule has 2 aromatic rings. The summed E-state index contributed by atoms with van der Waals surface area (Å²) in [7, 11) is 0. The van der Waals surface area contributed by atoms with E-state index in [1.165, 1.54) is 44.9 Å². The van der Waals surface area contributed by atoms with E-state index < -0.39 is 0 Å². The van der Waals surface area contributed by atoms with Gasteiger partial charge in [-0.2, -0.15) is 0 Å². The fraction of sp³-hybridized carbons (Fsp3) is 0.545. The fourth-order valence-corrected chi connectivity index (χ4v) is 4.95. The van der Waals surface area contributed by atoms with E-state index >= 15 is 0 Å². The Kier molecular flexibility index (Phi) is 4.84. The summed E-state index contributed by atoms with van der Waals surface area (Å²) < 4.78 is 1.92. The zero-order valence-corrected chi connectivity index (χ0v) is 15.5. The van der Waals surface area contributed by atoms with Gasteiger partial charge in [-0.25, -0.2) is 0 Å². The number of carbonyl (C=O) groups is 1. The third kappa shape index (κ3) is 3.42. The van der Waals surface area contributed by atoms with Crippen LogP contribution in [0.5, 0.6) is 0 Å². The molecular formula is C22H28N2O2. The molecular weight excluding hydrogens is 324 g/mol. The molecule has 4 nitrogen and oxygen atoms in total. The lowest BCUT2D eigenvalue weighted by atomic mass is 9.74. The Morgan fingerprint density at radius 3 is 2.50 bits per heavy atom. The SMILES string of the molecule is O=C(Cn1ccc(=O)c2ccccc21)N1CCCC2(CCCCCC2)C1. The highest BCUT2D eigenvalue weighted by Crippen LogP contribution is 2.42. The van der Waals surface area contributed by atoms with E-state index in [1.807, 2.05) is 28.8 Å².